The summed E-state index contributed by atoms with van der Waals surface area (Å²) in [4.78, 5) is 72.2. The maximum absolute atomic E-state index is 13.3. The fourth-order valence-electron chi connectivity index (χ4n) is 3.71. The van der Waals surface area contributed by atoms with Gasteiger partial charge in [0.05, 0.1) is 28.7 Å². The standard InChI is InChI=1S/C26H23ClN6O6S/c1-26(2,3)25(39)33-20(29-11-14-4-6-19(27)40-14)10-17(31-33)22-15(23(36)24(37)38)5-7-21(35)32(22)12-18(34)16-8-9-28-13-30-16/h4-10,13,29H,11-12H2,1-3H3,(H,37,38). The van der Waals surface area contributed by atoms with Crippen molar-refractivity contribution < 1.29 is 24.3 Å². The van der Waals surface area contributed by atoms with E-state index in [9.17, 15) is 29.1 Å². The summed E-state index contributed by atoms with van der Waals surface area (Å²) in [6.45, 7) is 4.77. The highest BCUT2D eigenvalue weighted by atomic mass is 35.5. The molecule has 12 nitrogen and oxygen atoms in total. The minimum Gasteiger partial charge on any atom is -0.475 e. The highest BCUT2D eigenvalue weighted by Gasteiger charge is 2.30. The van der Waals surface area contributed by atoms with Gasteiger partial charge >= 0.3 is 5.97 Å². The highest BCUT2D eigenvalue weighted by molar-refractivity contribution is 7.16. The number of ketones is 2. The minimum atomic E-state index is -1.77. The summed E-state index contributed by atoms with van der Waals surface area (Å²) in [5.74, 6) is -3.88. The molecule has 14 heteroatoms. The normalized spacial score (nSPS) is 11.3. The van der Waals surface area contributed by atoms with E-state index in [0.717, 1.165) is 26.3 Å². The Hall–Kier alpha value is -4.49. The van der Waals surface area contributed by atoms with Crippen molar-refractivity contribution in [3.05, 3.63) is 79.7 Å². The molecule has 40 heavy (non-hydrogen) atoms. The summed E-state index contributed by atoms with van der Waals surface area (Å²) in [5.41, 5.74) is -2.25. The third kappa shape index (κ3) is 6.05. The summed E-state index contributed by atoms with van der Waals surface area (Å²) in [5, 5.41) is 17.0. The van der Waals surface area contributed by atoms with Crippen LogP contribution in [0.25, 0.3) is 11.4 Å². The number of hydrogen-bond donors (Lipinski definition) is 2. The molecule has 0 aromatic carbocycles. The zero-order valence-corrected chi connectivity index (χ0v) is 23.1. The lowest BCUT2D eigenvalue weighted by Gasteiger charge is -2.18. The molecule has 0 saturated carbocycles. The molecule has 4 aromatic heterocycles. The molecule has 0 fully saturated rings. The van der Waals surface area contributed by atoms with E-state index in [-0.39, 0.29) is 35.0 Å². The van der Waals surface area contributed by atoms with E-state index < -0.39 is 41.0 Å². The lowest BCUT2D eigenvalue weighted by atomic mass is 9.96. The minimum absolute atomic E-state index is 0.00761. The topological polar surface area (TPSA) is 166 Å². The van der Waals surface area contributed by atoms with Crippen LogP contribution in [-0.4, -0.2) is 52.9 Å². The van der Waals surface area contributed by atoms with E-state index in [1.807, 2.05) is 6.07 Å². The van der Waals surface area contributed by atoms with E-state index in [0.29, 0.717) is 4.34 Å². The van der Waals surface area contributed by atoms with E-state index >= 15 is 0 Å². The van der Waals surface area contributed by atoms with Gasteiger partial charge in [-0.2, -0.15) is 9.78 Å². The van der Waals surface area contributed by atoms with Crippen molar-refractivity contribution in [3.63, 3.8) is 0 Å². The number of rotatable bonds is 9. The number of carbonyl (C=O) groups excluding carboxylic acids is 3. The predicted molar refractivity (Wildman–Crippen MR) is 147 cm³/mol. The first-order valence-corrected chi connectivity index (χ1v) is 13.0. The molecular formula is C26H23ClN6O6S. The Morgan fingerprint density at radius 2 is 1.85 bits per heavy atom. The average molecular weight is 583 g/mol. The Kier molecular flexibility index (Phi) is 8.07. The fraction of sp³-hybridized carbons (Fsp3) is 0.231. The number of nitrogens with zero attached hydrogens (tertiary/aromatic N) is 5. The van der Waals surface area contributed by atoms with Crippen molar-refractivity contribution in [1.29, 1.82) is 0 Å². The summed E-state index contributed by atoms with van der Waals surface area (Å²) in [6.07, 6.45) is 2.52. The molecular weight excluding hydrogens is 560 g/mol. The van der Waals surface area contributed by atoms with E-state index in [2.05, 4.69) is 20.4 Å². The highest BCUT2D eigenvalue weighted by Crippen LogP contribution is 2.29. The van der Waals surface area contributed by atoms with Crippen LogP contribution < -0.4 is 10.9 Å². The van der Waals surface area contributed by atoms with Gasteiger partial charge in [-0.05, 0) is 24.3 Å². The van der Waals surface area contributed by atoms with Gasteiger partial charge in [0.25, 0.3) is 17.2 Å². The molecule has 0 unspecified atom stereocenters. The van der Waals surface area contributed by atoms with Gasteiger partial charge in [0.1, 0.15) is 23.5 Å². The quantitative estimate of drug-likeness (QED) is 0.219. The van der Waals surface area contributed by atoms with Crippen molar-refractivity contribution in [2.24, 2.45) is 5.41 Å². The molecule has 4 rings (SSSR count). The maximum atomic E-state index is 13.3. The second kappa shape index (κ2) is 11.3. The van der Waals surface area contributed by atoms with E-state index in [4.69, 9.17) is 11.6 Å². The van der Waals surface area contributed by atoms with Gasteiger partial charge in [0, 0.05) is 28.6 Å². The Bertz CT molecular complexity index is 1690. The first kappa shape index (κ1) is 28.5. The van der Waals surface area contributed by atoms with Crippen LogP contribution in [-0.2, 0) is 17.9 Å². The maximum Gasteiger partial charge on any atom is 0.377 e. The number of aromatic nitrogens is 5. The van der Waals surface area contributed by atoms with Crippen molar-refractivity contribution in [2.45, 2.75) is 33.9 Å². The van der Waals surface area contributed by atoms with Gasteiger partial charge < -0.3 is 10.4 Å². The third-order valence-corrected chi connectivity index (χ3v) is 6.88. The van der Waals surface area contributed by atoms with Gasteiger partial charge in [0.15, 0.2) is 0 Å². The number of hydrogen-bond acceptors (Lipinski definition) is 10. The first-order valence-electron chi connectivity index (χ1n) is 11.8. The molecule has 0 aliphatic rings. The van der Waals surface area contributed by atoms with Crippen LogP contribution in [0.2, 0.25) is 4.34 Å². The summed E-state index contributed by atoms with van der Waals surface area (Å²) in [6, 6.07) is 8.36. The molecule has 2 N–H and O–H groups in total. The second-order valence-electron chi connectivity index (χ2n) is 9.61. The number of pyridine rings is 1. The molecule has 0 aliphatic heterocycles. The van der Waals surface area contributed by atoms with Gasteiger partial charge in [-0.3, -0.25) is 23.7 Å². The lowest BCUT2D eigenvalue weighted by Crippen LogP contribution is -2.30. The van der Waals surface area contributed by atoms with Crippen molar-refractivity contribution in [2.75, 3.05) is 5.32 Å². The molecule has 0 amide bonds. The van der Waals surface area contributed by atoms with Crippen LogP contribution in [0.1, 0.15) is 51.3 Å². The number of halogens is 1. The van der Waals surface area contributed by atoms with Crippen LogP contribution in [0.3, 0.4) is 0 Å². The smallest absolute Gasteiger partial charge is 0.377 e. The Morgan fingerprint density at radius 1 is 1.10 bits per heavy atom. The average Bonchev–Trinajstić information content (AvgIpc) is 3.53. The largest absolute Gasteiger partial charge is 0.475 e. The third-order valence-electron chi connectivity index (χ3n) is 5.65. The molecule has 0 spiro atoms. The van der Waals surface area contributed by atoms with Crippen molar-refractivity contribution in [3.8, 4) is 11.4 Å². The molecule has 206 valence electrons. The molecule has 0 aliphatic carbocycles. The Balaban J connectivity index is 1.90. The lowest BCUT2D eigenvalue weighted by molar-refractivity contribution is -0.131. The predicted octanol–water partition coefficient (Wildman–Crippen LogP) is 3.67. The van der Waals surface area contributed by atoms with Gasteiger partial charge in [0.2, 0.25) is 5.78 Å². The fourth-order valence-corrected chi connectivity index (χ4v) is 4.74. The number of carboxylic acids is 1. The molecule has 4 aromatic rings. The number of carboxylic acid groups (broad SMARTS) is 1. The molecule has 4 heterocycles. The summed E-state index contributed by atoms with van der Waals surface area (Å²) >= 11 is 7.36. The number of aliphatic carboxylic acids is 1. The van der Waals surface area contributed by atoms with Crippen molar-refractivity contribution >= 4 is 52.2 Å². The molecule has 0 saturated heterocycles. The van der Waals surface area contributed by atoms with Gasteiger partial charge in [-0.25, -0.2) is 14.8 Å². The van der Waals surface area contributed by atoms with Gasteiger partial charge in [-0.15, -0.1) is 11.3 Å². The zero-order chi connectivity index (χ0) is 29.2. The van der Waals surface area contributed by atoms with Crippen LogP contribution in [0, 0.1) is 5.41 Å². The van der Waals surface area contributed by atoms with Crippen molar-refractivity contribution in [1.82, 2.24) is 24.3 Å². The van der Waals surface area contributed by atoms with Crippen LogP contribution >= 0.6 is 22.9 Å². The Morgan fingerprint density at radius 3 is 2.45 bits per heavy atom. The molecule has 0 atom stereocenters. The van der Waals surface area contributed by atoms with Crippen LogP contribution in [0.15, 0.2) is 53.7 Å². The summed E-state index contributed by atoms with van der Waals surface area (Å²) in [7, 11) is 0. The SMILES string of the molecule is CC(C)(C)C(=O)n1nc(-c2c(C(=O)C(=O)O)ccc(=O)n2CC(=O)c2ccncn2)cc1NCc1ccc(Cl)s1. The van der Waals surface area contributed by atoms with E-state index in [1.165, 1.54) is 36.0 Å². The number of Topliss-reactive ketones (excluding diaryl/α,β-unsaturated/α-hetero) is 2. The second-order valence-corrected chi connectivity index (χ2v) is 11.4. The first-order chi connectivity index (χ1) is 18.9. The zero-order valence-electron chi connectivity index (χ0n) is 21.5. The number of carbonyl (C=O) groups is 4. The Labute approximate surface area is 236 Å². The van der Waals surface area contributed by atoms with Crippen LogP contribution in [0.4, 0.5) is 5.82 Å². The molecule has 0 bridgehead atoms. The number of thiophene rings is 1. The van der Waals surface area contributed by atoms with Crippen LogP contribution in [0.5, 0.6) is 0 Å². The van der Waals surface area contributed by atoms with Gasteiger partial charge in [-0.1, -0.05) is 32.4 Å². The molecule has 0 radical (unpaired) electrons. The monoisotopic (exact) mass is 582 g/mol. The number of anilines is 1. The number of nitrogens with one attached hydrogen (secondary N) is 1. The summed E-state index contributed by atoms with van der Waals surface area (Å²) < 4.78 is 2.61. The van der Waals surface area contributed by atoms with E-state index in [1.54, 1.807) is 26.8 Å².